The van der Waals surface area contributed by atoms with Crippen molar-refractivity contribution in [3.05, 3.63) is 16.4 Å². The molecule has 96 valence electrons. The molecule has 0 amide bonds. The summed E-state index contributed by atoms with van der Waals surface area (Å²) in [5.74, 6) is 0.323. The van der Waals surface area contributed by atoms with Gasteiger partial charge in [0, 0.05) is 20.0 Å². The molecule has 1 aromatic heterocycles. The van der Waals surface area contributed by atoms with Crippen molar-refractivity contribution in [3.8, 4) is 0 Å². The molecule has 1 saturated carbocycles. The predicted octanol–water partition coefficient (Wildman–Crippen LogP) is 1.28. The van der Waals surface area contributed by atoms with Gasteiger partial charge in [-0.25, -0.2) is 0 Å². The van der Waals surface area contributed by atoms with Crippen LogP contribution in [0.3, 0.4) is 0 Å². The SMILES string of the molecule is CCc1nn(C)c(CC(O)(CN)C2CC2)c1Cl. The third-order valence-electron chi connectivity index (χ3n) is 3.67. The zero-order valence-corrected chi connectivity index (χ0v) is 11.2. The van der Waals surface area contributed by atoms with E-state index in [0.717, 1.165) is 30.7 Å². The first-order valence-electron chi connectivity index (χ1n) is 6.14. The van der Waals surface area contributed by atoms with E-state index in [-0.39, 0.29) is 6.54 Å². The maximum atomic E-state index is 10.5. The van der Waals surface area contributed by atoms with Gasteiger partial charge in [-0.1, -0.05) is 18.5 Å². The second kappa shape index (κ2) is 4.59. The first-order chi connectivity index (χ1) is 8.01. The Morgan fingerprint density at radius 3 is 2.65 bits per heavy atom. The summed E-state index contributed by atoms with van der Waals surface area (Å²) in [7, 11) is 1.87. The fourth-order valence-corrected chi connectivity index (χ4v) is 2.67. The standard InChI is InChI=1S/C12H20ClN3O/c1-3-9-11(13)10(16(2)15-9)6-12(17,7-14)8-4-5-8/h8,17H,3-7,14H2,1-2H3. The van der Waals surface area contributed by atoms with Crippen molar-refractivity contribution in [2.24, 2.45) is 18.7 Å². The molecule has 1 fully saturated rings. The lowest BCUT2D eigenvalue weighted by atomic mass is 9.92. The van der Waals surface area contributed by atoms with Gasteiger partial charge < -0.3 is 10.8 Å². The van der Waals surface area contributed by atoms with Crippen molar-refractivity contribution in [1.82, 2.24) is 9.78 Å². The molecule has 0 spiro atoms. The van der Waals surface area contributed by atoms with Crippen molar-refractivity contribution in [1.29, 1.82) is 0 Å². The van der Waals surface area contributed by atoms with Crippen LogP contribution in [0.2, 0.25) is 5.02 Å². The average molecular weight is 258 g/mol. The Kier molecular flexibility index (Phi) is 3.48. The number of nitrogens with zero attached hydrogens (tertiary/aromatic N) is 2. The smallest absolute Gasteiger partial charge is 0.0852 e. The minimum Gasteiger partial charge on any atom is -0.388 e. The Hall–Kier alpha value is -0.580. The van der Waals surface area contributed by atoms with Crippen LogP contribution < -0.4 is 5.73 Å². The zero-order valence-electron chi connectivity index (χ0n) is 10.4. The van der Waals surface area contributed by atoms with E-state index in [1.165, 1.54) is 0 Å². The van der Waals surface area contributed by atoms with Crippen LogP contribution in [0.15, 0.2) is 0 Å². The Morgan fingerprint density at radius 1 is 1.59 bits per heavy atom. The number of hydrogen-bond donors (Lipinski definition) is 2. The molecule has 2 rings (SSSR count). The number of hydrogen-bond acceptors (Lipinski definition) is 3. The van der Waals surface area contributed by atoms with Gasteiger partial charge in [0.05, 0.1) is 22.0 Å². The molecule has 0 saturated heterocycles. The summed E-state index contributed by atoms with van der Waals surface area (Å²) in [6.07, 6.45) is 3.42. The highest BCUT2D eigenvalue weighted by Crippen LogP contribution is 2.41. The second-order valence-electron chi connectivity index (χ2n) is 4.94. The van der Waals surface area contributed by atoms with Crippen LogP contribution in [-0.4, -0.2) is 27.0 Å². The molecule has 0 aliphatic heterocycles. The van der Waals surface area contributed by atoms with Crippen LogP contribution in [0.5, 0.6) is 0 Å². The molecule has 5 heteroatoms. The molecule has 1 atom stereocenters. The van der Waals surface area contributed by atoms with Gasteiger partial charge in [0.1, 0.15) is 0 Å². The van der Waals surface area contributed by atoms with Crippen molar-refractivity contribution < 1.29 is 5.11 Å². The highest BCUT2D eigenvalue weighted by Gasteiger charge is 2.43. The van der Waals surface area contributed by atoms with Gasteiger partial charge >= 0.3 is 0 Å². The third kappa shape index (κ3) is 2.34. The van der Waals surface area contributed by atoms with Crippen molar-refractivity contribution in [2.75, 3.05) is 6.54 Å². The lowest BCUT2D eigenvalue weighted by molar-refractivity contribution is 0.0250. The van der Waals surface area contributed by atoms with Gasteiger partial charge in [0.15, 0.2) is 0 Å². The van der Waals surface area contributed by atoms with E-state index in [4.69, 9.17) is 17.3 Å². The maximum Gasteiger partial charge on any atom is 0.0852 e. The molecule has 3 N–H and O–H groups in total. The molecular formula is C12H20ClN3O. The average Bonchev–Trinajstić information content (AvgIpc) is 3.12. The largest absolute Gasteiger partial charge is 0.388 e. The normalized spacial score (nSPS) is 19.4. The summed E-state index contributed by atoms with van der Waals surface area (Å²) < 4.78 is 1.77. The van der Waals surface area contributed by atoms with Crippen LogP contribution in [0, 0.1) is 5.92 Å². The highest BCUT2D eigenvalue weighted by atomic mass is 35.5. The lowest BCUT2D eigenvalue weighted by Crippen LogP contribution is -2.42. The molecule has 1 heterocycles. The molecule has 0 bridgehead atoms. The fourth-order valence-electron chi connectivity index (χ4n) is 2.31. The number of aliphatic hydroxyl groups is 1. The number of aromatic nitrogens is 2. The molecule has 1 aromatic rings. The number of aryl methyl sites for hydroxylation is 2. The maximum absolute atomic E-state index is 10.5. The Balaban J connectivity index is 2.25. The van der Waals surface area contributed by atoms with E-state index in [2.05, 4.69) is 5.10 Å². The molecular weight excluding hydrogens is 238 g/mol. The van der Waals surface area contributed by atoms with E-state index in [0.29, 0.717) is 17.4 Å². The number of rotatable bonds is 5. The monoisotopic (exact) mass is 257 g/mol. The quantitative estimate of drug-likeness (QED) is 0.835. The van der Waals surface area contributed by atoms with Gasteiger partial charge in [-0.3, -0.25) is 4.68 Å². The van der Waals surface area contributed by atoms with Gasteiger partial charge in [-0.05, 0) is 25.2 Å². The minimum absolute atomic E-state index is 0.278. The predicted molar refractivity (Wildman–Crippen MR) is 68.0 cm³/mol. The van der Waals surface area contributed by atoms with Gasteiger partial charge in [0.25, 0.3) is 0 Å². The lowest BCUT2D eigenvalue weighted by Gasteiger charge is -2.26. The van der Waals surface area contributed by atoms with E-state index < -0.39 is 5.60 Å². The van der Waals surface area contributed by atoms with Crippen LogP contribution in [0.1, 0.15) is 31.2 Å². The van der Waals surface area contributed by atoms with E-state index >= 15 is 0 Å². The molecule has 0 radical (unpaired) electrons. The Morgan fingerprint density at radius 2 is 2.24 bits per heavy atom. The van der Waals surface area contributed by atoms with Crippen molar-refractivity contribution >= 4 is 11.6 Å². The van der Waals surface area contributed by atoms with Gasteiger partial charge in [-0.2, -0.15) is 5.10 Å². The van der Waals surface area contributed by atoms with Crippen LogP contribution in [0.25, 0.3) is 0 Å². The summed E-state index contributed by atoms with van der Waals surface area (Å²) in [4.78, 5) is 0. The molecule has 1 aliphatic rings. The van der Waals surface area contributed by atoms with E-state index in [9.17, 15) is 5.11 Å². The summed E-state index contributed by atoms with van der Waals surface area (Å²) in [5, 5.41) is 15.6. The minimum atomic E-state index is -0.817. The van der Waals surface area contributed by atoms with Gasteiger partial charge in [0.2, 0.25) is 0 Å². The first kappa shape index (κ1) is 12.9. The topological polar surface area (TPSA) is 64.1 Å². The van der Waals surface area contributed by atoms with Gasteiger partial charge in [-0.15, -0.1) is 0 Å². The van der Waals surface area contributed by atoms with Crippen molar-refractivity contribution in [3.63, 3.8) is 0 Å². The highest BCUT2D eigenvalue weighted by molar-refractivity contribution is 6.31. The molecule has 17 heavy (non-hydrogen) atoms. The molecule has 0 aromatic carbocycles. The first-order valence-corrected chi connectivity index (χ1v) is 6.52. The van der Waals surface area contributed by atoms with Crippen LogP contribution in [0.4, 0.5) is 0 Å². The Bertz CT molecular complexity index is 414. The molecule has 4 nitrogen and oxygen atoms in total. The zero-order chi connectivity index (χ0) is 12.6. The summed E-state index contributed by atoms with van der Waals surface area (Å²) in [5.41, 5.74) is 6.68. The van der Waals surface area contributed by atoms with E-state index in [1.807, 2.05) is 14.0 Å². The summed E-state index contributed by atoms with van der Waals surface area (Å²) in [6.45, 7) is 2.30. The van der Waals surface area contributed by atoms with Crippen LogP contribution >= 0.6 is 11.6 Å². The molecule has 1 aliphatic carbocycles. The third-order valence-corrected chi connectivity index (χ3v) is 4.10. The number of nitrogens with two attached hydrogens (primary N) is 1. The Labute approximate surface area is 107 Å². The van der Waals surface area contributed by atoms with Crippen molar-refractivity contribution in [2.45, 2.75) is 38.2 Å². The van der Waals surface area contributed by atoms with Crippen LogP contribution in [-0.2, 0) is 19.9 Å². The number of halogens is 1. The summed E-state index contributed by atoms with van der Waals surface area (Å²) in [6, 6.07) is 0. The molecule has 1 unspecified atom stereocenters. The van der Waals surface area contributed by atoms with E-state index in [1.54, 1.807) is 4.68 Å². The fraction of sp³-hybridized carbons (Fsp3) is 0.750. The second-order valence-corrected chi connectivity index (χ2v) is 5.32. The summed E-state index contributed by atoms with van der Waals surface area (Å²) >= 11 is 6.28.